The van der Waals surface area contributed by atoms with Crippen LogP contribution in [0.1, 0.15) is 35.7 Å². The Labute approximate surface area is 203 Å². The molecule has 1 aromatic carbocycles. The molecule has 1 saturated heterocycles. The number of carbonyl (C=O) groups excluding carboxylic acids is 1. The summed E-state index contributed by atoms with van der Waals surface area (Å²) in [4.78, 5) is 19.3. The molecule has 5 rings (SSSR count). The summed E-state index contributed by atoms with van der Waals surface area (Å²) < 4.78 is 7.74. The summed E-state index contributed by atoms with van der Waals surface area (Å²) in [6.07, 6.45) is 5.81. The highest BCUT2D eigenvalue weighted by Crippen LogP contribution is 2.39. The summed E-state index contributed by atoms with van der Waals surface area (Å²) >= 11 is 5.74. The van der Waals surface area contributed by atoms with Crippen LogP contribution in [0.5, 0.6) is 0 Å². The molecule has 3 aromatic heterocycles. The van der Waals surface area contributed by atoms with Gasteiger partial charge in [-0.3, -0.25) is 9.78 Å². The van der Waals surface area contributed by atoms with E-state index >= 15 is 0 Å². The van der Waals surface area contributed by atoms with Crippen molar-refractivity contribution in [2.45, 2.75) is 25.0 Å². The Morgan fingerprint density at radius 2 is 1.91 bits per heavy atom. The molecular formula is C26H25N5O2S. The quantitative estimate of drug-likeness (QED) is 0.368. The molecule has 172 valence electrons. The van der Waals surface area contributed by atoms with E-state index in [1.54, 1.807) is 12.5 Å². The molecule has 1 aliphatic rings. The molecule has 1 fully saturated rings. The number of aromatic nitrogens is 2. The Hall–Kier alpha value is -3.91. The van der Waals surface area contributed by atoms with Crippen molar-refractivity contribution >= 4 is 28.9 Å². The van der Waals surface area contributed by atoms with Crippen LogP contribution in [0, 0.1) is 0 Å². The summed E-state index contributed by atoms with van der Waals surface area (Å²) in [6.45, 7) is 1.08. The molecule has 2 N–H and O–H groups in total. The van der Waals surface area contributed by atoms with Gasteiger partial charge in [0.15, 0.2) is 5.11 Å². The van der Waals surface area contributed by atoms with Gasteiger partial charge in [0, 0.05) is 36.7 Å². The van der Waals surface area contributed by atoms with Crippen LogP contribution >= 0.6 is 12.2 Å². The first-order valence-corrected chi connectivity index (χ1v) is 11.6. The van der Waals surface area contributed by atoms with Gasteiger partial charge in [0.2, 0.25) is 5.91 Å². The first kappa shape index (κ1) is 21.9. The van der Waals surface area contributed by atoms with E-state index in [-0.39, 0.29) is 18.0 Å². The number of thiocarbonyl (C=S) groups is 1. The molecule has 4 aromatic rings. The number of amides is 1. The Morgan fingerprint density at radius 1 is 1.06 bits per heavy atom. The second-order valence-corrected chi connectivity index (χ2v) is 8.51. The van der Waals surface area contributed by atoms with E-state index in [0.29, 0.717) is 24.6 Å². The SMILES string of the molecule is O=C(CCN1C(=S)N[C@@H](c2ccccn2)[C@H]1c1cccn1Cc1ccco1)Nc1ccccc1. The number of benzene rings is 1. The Kier molecular flexibility index (Phi) is 6.40. The van der Waals surface area contributed by atoms with E-state index in [1.807, 2.05) is 72.9 Å². The maximum Gasteiger partial charge on any atom is 0.226 e. The van der Waals surface area contributed by atoms with Gasteiger partial charge in [0.25, 0.3) is 0 Å². The number of nitrogens with zero attached hydrogens (tertiary/aromatic N) is 3. The molecular weight excluding hydrogens is 446 g/mol. The van der Waals surface area contributed by atoms with Crippen molar-refractivity contribution in [1.82, 2.24) is 19.8 Å². The van der Waals surface area contributed by atoms with Crippen LogP contribution in [-0.2, 0) is 11.3 Å². The minimum Gasteiger partial charge on any atom is -0.467 e. The zero-order valence-electron chi connectivity index (χ0n) is 18.5. The number of rotatable bonds is 8. The molecule has 2 atom stereocenters. The third kappa shape index (κ3) is 4.72. The van der Waals surface area contributed by atoms with Crippen LogP contribution in [-0.4, -0.2) is 32.0 Å². The molecule has 0 unspecified atom stereocenters. The fourth-order valence-corrected chi connectivity index (χ4v) is 4.68. The highest BCUT2D eigenvalue weighted by molar-refractivity contribution is 7.80. The third-order valence-electron chi connectivity index (χ3n) is 5.91. The Morgan fingerprint density at radius 3 is 2.68 bits per heavy atom. The van der Waals surface area contributed by atoms with E-state index in [0.717, 1.165) is 22.8 Å². The highest BCUT2D eigenvalue weighted by Gasteiger charge is 2.41. The lowest BCUT2D eigenvalue weighted by Crippen LogP contribution is -2.33. The minimum atomic E-state index is -0.142. The number of furan rings is 1. The molecule has 1 amide bonds. The molecule has 34 heavy (non-hydrogen) atoms. The predicted octanol–water partition coefficient (Wildman–Crippen LogP) is 4.53. The van der Waals surface area contributed by atoms with Gasteiger partial charge in [0.1, 0.15) is 5.76 Å². The minimum absolute atomic E-state index is 0.0556. The van der Waals surface area contributed by atoms with Crippen molar-refractivity contribution in [2.75, 3.05) is 11.9 Å². The fraction of sp³-hybridized carbons (Fsp3) is 0.192. The van der Waals surface area contributed by atoms with Gasteiger partial charge < -0.3 is 24.5 Å². The van der Waals surface area contributed by atoms with Crippen molar-refractivity contribution in [2.24, 2.45) is 0 Å². The lowest BCUT2D eigenvalue weighted by molar-refractivity contribution is -0.116. The average Bonchev–Trinajstić information content (AvgIpc) is 3.60. The summed E-state index contributed by atoms with van der Waals surface area (Å²) in [5, 5.41) is 7.01. The first-order valence-electron chi connectivity index (χ1n) is 11.2. The molecule has 1 aliphatic heterocycles. The number of carbonyl (C=O) groups is 1. The van der Waals surface area contributed by atoms with Crippen LogP contribution in [0.25, 0.3) is 0 Å². The summed E-state index contributed by atoms with van der Waals surface area (Å²) in [7, 11) is 0. The van der Waals surface area contributed by atoms with Gasteiger partial charge in [-0.2, -0.15) is 0 Å². The number of hydrogen-bond acceptors (Lipinski definition) is 4. The lowest BCUT2D eigenvalue weighted by Gasteiger charge is -2.28. The van der Waals surface area contributed by atoms with Crippen LogP contribution in [0.3, 0.4) is 0 Å². The molecule has 0 spiro atoms. The third-order valence-corrected chi connectivity index (χ3v) is 6.26. The van der Waals surface area contributed by atoms with Gasteiger partial charge in [-0.25, -0.2) is 0 Å². The predicted molar refractivity (Wildman–Crippen MR) is 134 cm³/mol. The molecule has 7 nitrogen and oxygen atoms in total. The van der Waals surface area contributed by atoms with Gasteiger partial charge in [-0.1, -0.05) is 24.3 Å². The Bertz CT molecular complexity index is 1240. The smallest absolute Gasteiger partial charge is 0.226 e. The van der Waals surface area contributed by atoms with Gasteiger partial charge >= 0.3 is 0 Å². The van der Waals surface area contributed by atoms with Gasteiger partial charge in [-0.15, -0.1) is 0 Å². The maximum atomic E-state index is 12.7. The first-order chi connectivity index (χ1) is 16.7. The highest BCUT2D eigenvalue weighted by atomic mass is 32.1. The molecule has 0 saturated carbocycles. The second-order valence-electron chi connectivity index (χ2n) is 8.12. The summed E-state index contributed by atoms with van der Waals surface area (Å²) in [6, 6.07) is 23.0. The van der Waals surface area contributed by atoms with Gasteiger partial charge in [-0.05, 0) is 60.7 Å². The molecule has 4 heterocycles. The van der Waals surface area contributed by atoms with Crippen molar-refractivity contribution < 1.29 is 9.21 Å². The van der Waals surface area contributed by atoms with E-state index in [1.165, 1.54) is 0 Å². The van der Waals surface area contributed by atoms with Gasteiger partial charge in [0.05, 0.1) is 30.6 Å². The van der Waals surface area contributed by atoms with E-state index in [4.69, 9.17) is 16.6 Å². The number of pyridine rings is 1. The monoisotopic (exact) mass is 471 g/mol. The van der Waals surface area contributed by atoms with Crippen LogP contribution in [0.2, 0.25) is 0 Å². The molecule has 8 heteroatoms. The standard InChI is InChI=1S/C26H25N5O2S/c32-23(28-19-8-2-1-3-9-19)13-16-31-25(24(29-26(31)34)21-11-4-5-14-27-21)22-12-6-15-30(22)18-20-10-7-17-33-20/h1-12,14-15,17,24-25H,13,16,18H2,(H,28,32)(H,29,34)/t24-,25+/m0/s1. The summed E-state index contributed by atoms with van der Waals surface area (Å²) in [5.74, 6) is 0.814. The zero-order chi connectivity index (χ0) is 23.3. The van der Waals surface area contributed by atoms with E-state index in [2.05, 4.69) is 31.2 Å². The maximum absolute atomic E-state index is 12.7. The second kappa shape index (κ2) is 9.93. The van der Waals surface area contributed by atoms with E-state index < -0.39 is 0 Å². The molecule has 0 aliphatic carbocycles. The Balaban J connectivity index is 1.40. The topological polar surface area (TPSA) is 75.3 Å². The van der Waals surface area contributed by atoms with E-state index in [9.17, 15) is 4.79 Å². The average molecular weight is 472 g/mol. The number of hydrogen-bond donors (Lipinski definition) is 2. The van der Waals surface area contributed by atoms with Crippen LogP contribution in [0.4, 0.5) is 5.69 Å². The number of nitrogens with one attached hydrogen (secondary N) is 2. The molecule has 0 radical (unpaired) electrons. The summed E-state index contributed by atoms with van der Waals surface area (Å²) in [5.41, 5.74) is 2.75. The normalized spacial score (nSPS) is 17.5. The lowest BCUT2D eigenvalue weighted by atomic mass is 10.0. The number of anilines is 1. The van der Waals surface area contributed by atoms with Crippen LogP contribution in [0.15, 0.2) is 95.9 Å². The largest absolute Gasteiger partial charge is 0.467 e. The van der Waals surface area contributed by atoms with Crippen molar-refractivity contribution in [1.29, 1.82) is 0 Å². The van der Waals surface area contributed by atoms with Crippen molar-refractivity contribution in [3.8, 4) is 0 Å². The molecule has 0 bridgehead atoms. The fourth-order valence-electron chi connectivity index (χ4n) is 4.35. The van der Waals surface area contributed by atoms with Crippen molar-refractivity contribution in [3.63, 3.8) is 0 Å². The van der Waals surface area contributed by atoms with Crippen LogP contribution < -0.4 is 10.6 Å². The number of para-hydroxylation sites is 1. The van der Waals surface area contributed by atoms with Crippen molar-refractivity contribution in [3.05, 3.63) is 109 Å². The zero-order valence-corrected chi connectivity index (χ0v) is 19.3.